The summed E-state index contributed by atoms with van der Waals surface area (Å²) in [5, 5.41) is 9.85. The Morgan fingerprint density at radius 2 is 1.65 bits per heavy atom. The standard InChI is InChI=1S/C19H20O7/c1-22-13-7-10(5-6-12(13)20)11-8-16(21)26-14-9-15(23-2)18(24-3)19(25-4)17(11)14/h5-7,9,11,20H,8H2,1-4H3/t11-/m0/s1. The molecule has 0 radical (unpaired) electrons. The first-order chi connectivity index (χ1) is 12.5. The van der Waals surface area contributed by atoms with Gasteiger partial charge >= 0.3 is 5.97 Å². The maximum absolute atomic E-state index is 12.2. The lowest BCUT2D eigenvalue weighted by Gasteiger charge is -2.28. The molecule has 1 aliphatic rings. The van der Waals surface area contributed by atoms with E-state index in [4.69, 9.17) is 23.7 Å². The number of phenols is 1. The Morgan fingerprint density at radius 1 is 0.962 bits per heavy atom. The molecule has 138 valence electrons. The highest BCUT2D eigenvalue weighted by Gasteiger charge is 2.35. The summed E-state index contributed by atoms with van der Waals surface area (Å²) in [5.74, 6) is 1.23. The summed E-state index contributed by atoms with van der Waals surface area (Å²) >= 11 is 0. The predicted octanol–water partition coefficient (Wildman–Crippen LogP) is 2.87. The van der Waals surface area contributed by atoms with E-state index < -0.39 is 0 Å². The number of carbonyl (C=O) groups excluding carboxylic acids is 1. The van der Waals surface area contributed by atoms with Crippen molar-refractivity contribution in [2.75, 3.05) is 28.4 Å². The molecule has 7 heteroatoms. The number of methoxy groups -OCH3 is 4. The molecule has 1 atom stereocenters. The minimum atomic E-state index is -0.371. The second kappa shape index (κ2) is 7.03. The van der Waals surface area contributed by atoms with Crippen LogP contribution in [-0.4, -0.2) is 39.5 Å². The van der Waals surface area contributed by atoms with E-state index in [1.165, 1.54) is 34.5 Å². The van der Waals surface area contributed by atoms with Gasteiger partial charge in [-0.05, 0) is 17.7 Å². The van der Waals surface area contributed by atoms with Crippen LogP contribution in [0.15, 0.2) is 24.3 Å². The van der Waals surface area contributed by atoms with E-state index >= 15 is 0 Å². The molecular weight excluding hydrogens is 340 g/mol. The third kappa shape index (κ3) is 2.85. The van der Waals surface area contributed by atoms with Crippen molar-refractivity contribution in [3.63, 3.8) is 0 Å². The van der Waals surface area contributed by atoms with Gasteiger partial charge in [-0.15, -0.1) is 0 Å². The van der Waals surface area contributed by atoms with Gasteiger partial charge in [0.05, 0.1) is 34.9 Å². The Hall–Kier alpha value is -3.09. The molecule has 0 amide bonds. The van der Waals surface area contributed by atoms with E-state index in [0.717, 1.165) is 5.56 Å². The van der Waals surface area contributed by atoms with Crippen LogP contribution in [-0.2, 0) is 4.79 Å². The number of esters is 1. The third-order valence-electron chi connectivity index (χ3n) is 4.38. The van der Waals surface area contributed by atoms with Crippen LogP contribution < -0.4 is 23.7 Å². The van der Waals surface area contributed by atoms with Crippen molar-refractivity contribution in [2.24, 2.45) is 0 Å². The lowest BCUT2D eigenvalue weighted by atomic mass is 9.85. The average molecular weight is 360 g/mol. The number of ether oxygens (including phenoxy) is 5. The van der Waals surface area contributed by atoms with E-state index in [1.54, 1.807) is 18.2 Å². The summed E-state index contributed by atoms with van der Waals surface area (Å²) in [6, 6.07) is 6.57. The van der Waals surface area contributed by atoms with Gasteiger partial charge in [0.1, 0.15) is 5.75 Å². The number of hydrogen-bond donors (Lipinski definition) is 1. The quantitative estimate of drug-likeness (QED) is 0.648. The number of aromatic hydroxyl groups is 1. The number of carbonyl (C=O) groups is 1. The maximum Gasteiger partial charge on any atom is 0.312 e. The zero-order valence-corrected chi connectivity index (χ0v) is 15.0. The van der Waals surface area contributed by atoms with Gasteiger partial charge in [-0.2, -0.15) is 0 Å². The average Bonchev–Trinajstić information content (AvgIpc) is 2.65. The summed E-state index contributed by atoms with van der Waals surface area (Å²) in [6.45, 7) is 0. The minimum absolute atomic E-state index is 0.0223. The highest BCUT2D eigenvalue weighted by Crippen LogP contribution is 2.52. The molecule has 1 aliphatic heterocycles. The van der Waals surface area contributed by atoms with Gasteiger partial charge in [-0.3, -0.25) is 4.79 Å². The Morgan fingerprint density at radius 3 is 2.27 bits per heavy atom. The van der Waals surface area contributed by atoms with Crippen molar-refractivity contribution in [2.45, 2.75) is 12.3 Å². The molecule has 0 aromatic heterocycles. The normalized spacial score (nSPS) is 15.7. The van der Waals surface area contributed by atoms with E-state index in [0.29, 0.717) is 34.3 Å². The van der Waals surface area contributed by atoms with Crippen LogP contribution in [0.4, 0.5) is 0 Å². The van der Waals surface area contributed by atoms with Crippen LogP contribution >= 0.6 is 0 Å². The van der Waals surface area contributed by atoms with E-state index in [9.17, 15) is 9.90 Å². The molecule has 26 heavy (non-hydrogen) atoms. The highest BCUT2D eigenvalue weighted by molar-refractivity contribution is 5.80. The van der Waals surface area contributed by atoms with Crippen molar-refractivity contribution in [3.8, 4) is 34.5 Å². The Bertz CT molecular complexity index is 844. The zero-order chi connectivity index (χ0) is 18.8. The third-order valence-corrected chi connectivity index (χ3v) is 4.38. The smallest absolute Gasteiger partial charge is 0.312 e. The van der Waals surface area contributed by atoms with Crippen LogP contribution in [0.25, 0.3) is 0 Å². The van der Waals surface area contributed by atoms with Gasteiger partial charge in [0.25, 0.3) is 0 Å². The molecule has 2 aromatic rings. The second-order valence-electron chi connectivity index (χ2n) is 5.72. The molecule has 0 aliphatic carbocycles. The topological polar surface area (TPSA) is 83.5 Å². The molecule has 0 saturated carbocycles. The lowest BCUT2D eigenvalue weighted by molar-refractivity contribution is -0.135. The highest BCUT2D eigenvalue weighted by atomic mass is 16.5. The molecule has 3 rings (SSSR count). The van der Waals surface area contributed by atoms with E-state index in [2.05, 4.69) is 0 Å². The van der Waals surface area contributed by atoms with Crippen LogP contribution in [0, 0.1) is 0 Å². The summed E-state index contributed by atoms with van der Waals surface area (Å²) in [5.41, 5.74) is 1.46. The fourth-order valence-corrected chi connectivity index (χ4v) is 3.20. The SMILES string of the molecule is COc1cc([C@@H]2CC(=O)Oc3cc(OC)c(OC)c(OC)c32)ccc1O. The summed E-state index contributed by atoms with van der Waals surface area (Å²) < 4.78 is 26.9. The first kappa shape index (κ1) is 17.7. The van der Waals surface area contributed by atoms with Gasteiger partial charge in [0.2, 0.25) is 5.75 Å². The lowest BCUT2D eigenvalue weighted by Crippen LogP contribution is -2.22. The Labute approximate surface area is 151 Å². The Kier molecular flexibility index (Phi) is 4.79. The number of hydrogen-bond acceptors (Lipinski definition) is 7. The van der Waals surface area contributed by atoms with Crippen LogP contribution in [0.5, 0.6) is 34.5 Å². The molecular formula is C19H20O7. The molecule has 0 saturated heterocycles. The van der Waals surface area contributed by atoms with Gasteiger partial charge in [-0.1, -0.05) is 6.07 Å². The summed E-state index contributed by atoms with van der Waals surface area (Å²) in [7, 11) is 6.00. The van der Waals surface area contributed by atoms with Crippen molar-refractivity contribution >= 4 is 5.97 Å². The van der Waals surface area contributed by atoms with Crippen molar-refractivity contribution in [1.82, 2.24) is 0 Å². The monoisotopic (exact) mass is 360 g/mol. The first-order valence-corrected chi connectivity index (χ1v) is 7.94. The minimum Gasteiger partial charge on any atom is -0.504 e. The zero-order valence-electron chi connectivity index (χ0n) is 15.0. The molecule has 2 aromatic carbocycles. The summed E-state index contributed by atoms with van der Waals surface area (Å²) in [6.07, 6.45) is 0.118. The summed E-state index contributed by atoms with van der Waals surface area (Å²) in [4.78, 5) is 12.2. The van der Waals surface area contributed by atoms with E-state index in [1.807, 2.05) is 0 Å². The van der Waals surface area contributed by atoms with Crippen LogP contribution in [0.1, 0.15) is 23.5 Å². The van der Waals surface area contributed by atoms with Gasteiger partial charge < -0.3 is 28.8 Å². The fourth-order valence-electron chi connectivity index (χ4n) is 3.20. The molecule has 7 nitrogen and oxygen atoms in total. The van der Waals surface area contributed by atoms with Crippen molar-refractivity contribution < 1.29 is 33.6 Å². The molecule has 0 unspecified atom stereocenters. The predicted molar refractivity (Wildman–Crippen MR) is 92.9 cm³/mol. The second-order valence-corrected chi connectivity index (χ2v) is 5.72. The molecule has 0 bridgehead atoms. The number of benzene rings is 2. The van der Waals surface area contributed by atoms with Gasteiger partial charge in [0.15, 0.2) is 23.0 Å². The largest absolute Gasteiger partial charge is 0.504 e. The molecule has 0 fully saturated rings. The van der Waals surface area contributed by atoms with Crippen LogP contribution in [0.3, 0.4) is 0 Å². The van der Waals surface area contributed by atoms with Crippen molar-refractivity contribution in [3.05, 3.63) is 35.4 Å². The van der Waals surface area contributed by atoms with E-state index in [-0.39, 0.29) is 24.1 Å². The van der Waals surface area contributed by atoms with Crippen molar-refractivity contribution in [1.29, 1.82) is 0 Å². The molecule has 1 heterocycles. The maximum atomic E-state index is 12.2. The molecule has 0 spiro atoms. The molecule has 1 N–H and O–H groups in total. The van der Waals surface area contributed by atoms with Gasteiger partial charge in [0, 0.05) is 17.5 Å². The number of fused-ring (bicyclic) bond motifs is 1. The Balaban J connectivity index is 2.24. The fraction of sp³-hybridized carbons (Fsp3) is 0.316. The van der Waals surface area contributed by atoms with Crippen LogP contribution in [0.2, 0.25) is 0 Å². The number of rotatable bonds is 5. The van der Waals surface area contributed by atoms with Gasteiger partial charge in [-0.25, -0.2) is 0 Å². The number of phenolic OH excluding ortho intramolecular Hbond substituents is 1. The first-order valence-electron chi connectivity index (χ1n) is 7.94.